The number of ether oxygens (including phenoxy) is 1. The fourth-order valence-corrected chi connectivity index (χ4v) is 3.08. The van der Waals surface area contributed by atoms with Gasteiger partial charge in [0, 0.05) is 18.9 Å². The molecule has 2 N–H and O–H groups in total. The third kappa shape index (κ3) is 4.76. The molecule has 1 aliphatic heterocycles. The Balaban J connectivity index is 1.93. The van der Waals surface area contributed by atoms with Gasteiger partial charge in [0.05, 0.1) is 30.5 Å². The maximum Gasteiger partial charge on any atom is 0.309 e. The maximum absolute atomic E-state index is 12.5. The SMILES string of the molecule is CCOC(=O)C1CC[NH+]([C@H](C)C(=O)Nc2ccccc2[N+](=O)[O-])CC1. The lowest BCUT2D eigenvalue weighted by Crippen LogP contribution is -3.17. The van der Waals surface area contributed by atoms with Crippen LogP contribution in [0.2, 0.25) is 0 Å². The van der Waals surface area contributed by atoms with E-state index in [-0.39, 0.29) is 35.2 Å². The molecule has 1 saturated heterocycles. The van der Waals surface area contributed by atoms with Gasteiger partial charge in [-0.2, -0.15) is 0 Å². The Morgan fingerprint density at radius 1 is 1.36 bits per heavy atom. The number of carbonyl (C=O) groups excluding carboxylic acids is 2. The summed E-state index contributed by atoms with van der Waals surface area (Å²) in [5.74, 6) is -0.536. The standard InChI is InChI=1S/C17H23N3O5/c1-3-25-17(22)13-8-10-19(11-9-13)12(2)16(21)18-14-6-4-5-7-15(14)20(23)24/h4-7,12-13H,3,8-11H2,1-2H3,(H,18,21)/p+1/t12-/m1/s1. The zero-order valence-electron chi connectivity index (χ0n) is 14.5. The summed E-state index contributed by atoms with van der Waals surface area (Å²) in [6.45, 7) is 5.34. The van der Waals surface area contributed by atoms with Gasteiger partial charge in [0.1, 0.15) is 5.69 Å². The minimum absolute atomic E-state index is 0.103. The number of rotatable bonds is 6. The van der Waals surface area contributed by atoms with Gasteiger partial charge in [0.2, 0.25) is 0 Å². The number of nitro benzene ring substituents is 1. The van der Waals surface area contributed by atoms with Crippen molar-refractivity contribution >= 4 is 23.3 Å². The van der Waals surface area contributed by atoms with Crippen molar-refractivity contribution in [1.29, 1.82) is 0 Å². The Bertz CT molecular complexity index is 641. The summed E-state index contributed by atoms with van der Waals surface area (Å²) in [4.78, 5) is 35.8. The molecule has 1 aromatic carbocycles. The van der Waals surface area contributed by atoms with E-state index in [0.29, 0.717) is 32.5 Å². The summed E-state index contributed by atoms with van der Waals surface area (Å²) < 4.78 is 5.05. The van der Waals surface area contributed by atoms with E-state index in [4.69, 9.17) is 4.74 Å². The number of nitrogens with one attached hydrogen (secondary N) is 2. The van der Waals surface area contributed by atoms with Crippen molar-refractivity contribution in [2.24, 2.45) is 5.92 Å². The van der Waals surface area contributed by atoms with Crippen molar-refractivity contribution in [2.75, 3.05) is 25.0 Å². The first-order chi connectivity index (χ1) is 11.9. The van der Waals surface area contributed by atoms with Crippen LogP contribution in [-0.2, 0) is 14.3 Å². The third-order valence-electron chi connectivity index (χ3n) is 4.61. The lowest BCUT2D eigenvalue weighted by molar-refractivity contribution is -0.919. The quantitative estimate of drug-likeness (QED) is 0.448. The largest absolute Gasteiger partial charge is 0.466 e. The molecule has 0 aromatic heterocycles. The lowest BCUT2D eigenvalue weighted by atomic mass is 9.96. The van der Waals surface area contributed by atoms with Crippen molar-refractivity contribution in [3.05, 3.63) is 34.4 Å². The van der Waals surface area contributed by atoms with Gasteiger partial charge in [-0.25, -0.2) is 0 Å². The Hall–Kier alpha value is -2.48. The van der Waals surface area contributed by atoms with Crippen LogP contribution >= 0.6 is 0 Å². The fraction of sp³-hybridized carbons (Fsp3) is 0.529. The highest BCUT2D eigenvalue weighted by atomic mass is 16.6. The molecule has 8 heteroatoms. The lowest BCUT2D eigenvalue weighted by Gasteiger charge is -2.31. The van der Waals surface area contributed by atoms with Crippen molar-refractivity contribution < 1.29 is 24.1 Å². The molecule has 0 spiro atoms. The minimum Gasteiger partial charge on any atom is -0.466 e. The number of para-hydroxylation sites is 2. The van der Waals surface area contributed by atoms with Crippen molar-refractivity contribution in [3.63, 3.8) is 0 Å². The van der Waals surface area contributed by atoms with Crippen LogP contribution in [0.3, 0.4) is 0 Å². The smallest absolute Gasteiger partial charge is 0.309 e. The highest BCUT2D eigenvalue weighted by Gasteiger charge is 2.34. The van der Waals surface area contributed by atoms with Gasteiger partial charge < -0.3 is 15.0 Å². The van der Waals surface area contributed by atoms with Crippen LogP contribution in [0.1, 0.15) is 26.7 Å². The van der Waals surface area contributed by atoms with Crippen molar-refractivity contribution in [3.8, 4) is 0 Å². The molecule has 1 atom stereocenters. The third-order valence-corrected chi connectivity index (χ3v) is 4.61. The van der Waals surface area contributed by atoms with Crippen LogP contribution in [0.4, 0.5) is 11.4 Å². The molecule has 1 aromatic rings. The number of likely N-dealkylation sites (tertiary alicyclic amines) is 1. The monoisotopic (exact) mass is 350 g/mol. The number of esters is 1. The molecule has 0 unspecified atom stereocenters. The topological polar surface area (TPSA) is 103 Å². The second kappa shape index (κ2) is 8.57. The summed E-state index contributed by atoms with van der Waals surface area (Å²) in [5, 5.41) is 13.7. The zero-order valence-corrected chi connectivity index (χ0v) is 14.5. The van der Waals surface area contributed by atoms with Crippen LogP contribution < -0.4 is 10.2 Å². The van der Waals surface area contributed by atoms with E-state index in [1.165, 1.54) is 12.1 Å². The van der Waals surface area contributed by atoms with Crippen molar-refractivity contribution in [2.45, 2.75) is 32.7 Å². The van der Waals surface area contributed by atoms with E-state index < -0.39 is 4.92 Å². The Kier molecular flexibility index (Phi) is 6.46. The van der Waals surface area contributed by atoms with Gasteiger partial charge in [0.15, 0.2) is 6.04 Å². The molecule has 0 aliphatic carbocycles. The van der Waals surface area contributed by atoms with E-state index in [0.717, 1.165) is 4.90 Å². The van der Waals surface area contributed by atoms with Gasteiger partial charge in [-0.05, 0) is 19.9 Å². The Morgan fingerprint density at radius 3 is 2.60 bits per heavy atom. The van der Waals surface area contributed by atoms with Crippen LogP contribution in [0.25, 0.3) is 0 Å². The number of hydrogen-bond donors (Lipinski definition) is 2. The summed E-state index contributed by atoms with van der Waals surface area (Å²) in [5.41, 5.74) is 0.0734. The van der Waals surface area contributed by atoms with Gasteiger partial charge in [-0.1, -0.05) is 12.1 Å². The molecule has 0 bridgehead atoms. The molecular weight excluding hydrogens is 326 g/mol. The van der Waals surface area contributed by atoms with E-state index in [9.17, 15) is 19.7 Å². The zero-order chi connectivity index (χ0) is 18.4. The van der Waals surface area contributed by atoms with Crippen molar-refractivity contribution in [1.82, 2.24) is 0 Å². The molecule has 136 valence electrons. The molecule has 1 fully saturated rings. The predicted molar refractivity (Wildman–Crippen MR) is 91.2 cm³/mol. The van der Waals surface area contributed by atoms with E-state index in [1.807, 2.05) is 0 Å². The fourth-order valence-electron chi connectivity index (χ4n) is 3.08. The number of hydrogen-bond acceptors (Lipinski definition) is 5. The minimum atomic E-state index is -0.516. The summed E-state index contributed by atoms with van der Waals surface area (Å²) >= 11 is 0. The number of carbonyl (C=O) groups is 2. The molecule has 1 aliphatic rings. The molecule has 0 saturated carbocycles. The highest BCUT2D eigenvalue weighted by molar-refractivity contribution is 5.95. The normalized spacial score (nSPS) is 21.2. The van der Waals surface area contributed by atoms with Gasteiger partial charge in [0.25, 0.3) is 11.6 Å². The maximum atomic E-state index is 12.5. The molecule has 1 heterocycles. The molecule has 2 rings (SSSR count). The van der Waals surface area contributed by atoms with E-state index >= 15 is 0 Å². The number of anilines is 1. The van der Waals surface area contributed by atoms with Crippen LogP contribution in [-0.4, -0.2) is 42.5 Å². The number of piperidine rings is 1. The number of quaternary nitrogens is 1. The Morgan fingerprint density at radius 2 is 2.00 bits per heavy atom. The summed E-state index contributed by atoms with van der Waals surface area (Å²) in [6, 6.07) is 5.72. The number of benzene rings is 1. The second-order valence-electron chi connectivity index (χ2n) is 6.17. The van der Waals surface area contributed by atoms with E-state index in [2.05, 4.69) is 5.32 Å². The Labute approximate surface area is 146 Å². The number of nitro groups is 1. The van der Waals surface area contributed by atoms with Crippen LogP contribution in [0.15, 0.2) is 24.3 Å². The van der Waals surface area contributed by atoms with Crippen LogP contribution in [0.5, 0.6) is 0 Å². The number of amides is 1. The first-order valence-electron chi connectivity index (χ1n) is 8.49. The van der Waals surface area contributed by atoms with Gasteiger partial charge in [-0.3, -0.25) is 19.7 Å². The number of nitrogens with zero attached hydrogens (tertiary/aromatic N) is 1. The first kappa shape index (κ1) is 18.9. The summed E-state index contributed by atoms with van der Waals surface area (Å²) in [7, 11) is 0. The molecular formula is C17H24N3O5+. The van der Waals surface area contributed by atoms with Gasteiger partial charge in [-0.15, -0.1) is 0 Å². The molecule has 25 heavy (non-hydrogen) atoms. The van der Waals surface area contributed by atoms with E-state index in [1.54, 1.807) is 26.0 Å². The van der Waals surface area contributed by atoms with Gasteiger partial charge >= 0.3 is 5.97 Å². The molecule has 0 radical (unpaired) electrons. The average Bonchev–Trinajstić information content (AvgIpc) is 2.61. The molecule has 8 nitrogen and oxygen atoms in total. The van der Waals surface area contributed by atoms with Crippen LogP contribution in [0, 0.1) is 16.0 Å². The second-order valence-corrected chi connectivity index (χ2v) is 6.17. The predicted octanol–water partition coefficient (Wildman–Crippen LogP) is 0.780. The highest BCUT2D eigenvalue weighted by Crippen LogP contribution is 2.23. The molecule has 1 amide bonds. The first-order valence-corrected chi connectivity index (χ1v) is 8.49. The average molecular weight is 350 g/mol. The summed E-state index contributed by atoms with van der Waals surface area (Å²) in [6.07, 6.45) is 1.36.